The molecule has 0 unspecified atom stereocenters. The molecule has 0 aliphatic rings. The molecule has 0 bridgehead atoms. The second kappa shape index (κ2) is 3.85. The predicted octanol–water partition coefficient (Wildman–Crippen LogP) is 1.66. The van der Waals surface area contributed by atoms with Crippen LogP contribution in [0.1, 0.15) is 5.56 Å². The summed E-state index contributed by atoms with van der Waals surface area (Å²) in [5, 5.41) is 0.0324. The van der Waals surface area contributed by atoms with E-state index in [1.807, 2.05) is 0 Å². The lowest BCUT2D eigenvalue weighted by molar-refractivity contribution is 0.631. The summed E-state index contributed by atoms with van der Waals surface area (Å²) >= 11 is 5.89. The Hall–Kier alpha value is -1.88. The highest BCUT2D eigenvalue weighted by Gasteiger charge is 2.15. The van der Waals surface area contributed by atoms with Gasteiger partial charge < -0.3 is 4.98 Å². The summed E-state index contributed by atoms with van der Waals surface area (Å²) in [7, 11) is 1.29. The normalized spacial score (nSPS) is 10.8. The minimum atomic E-state index is -0.714. The Balaban J connectivity index is 3.17. The van der Waals surface area contributed by atoms with E-state index in [0.717, 1.165) is 4.57 Å². The first kappa shape index (κ1) is 11.6. The smallest absolute Gasteiger partial charge is 0.304 e. The molecule has 0 aliphatic carbocycles. The molecule has 1 N–H and O–H groups in total. The largest absolute Gasteiger partial charge is 0.328 e. The number of nitrogens with zero attached hydrogens (tertiary/aromatic N) is 1. The van der Waals surface area contributed by atoms with E-state index in [1.54, 1.807) is 0 Å². The summed E-state index contributed by atoms with van der Waals surface area (Å²) in [6, 6.07) is 1.30. The zero-order chi connectivity index (χ0) is 12.7. The quantitative estimate of drug-likeness (QED) is 0.842. The van der Waals surface area contributed by atoms with Crippen molar-refractivity contribution in [3.8, 4) is 0 Å². The minimum absolute atomic E-state index is 0.0446. The lowest BCUT2D eigenvalue weighted by Crippen LogP contribution is -2.32. The molecule has 17 heavy (non-hydrogen) atoms. The second-order valence-corrected chi connectivity index (χ2v) is 3.92. The van der Waals surface area contributed by atoms with Gasteiger partial charge in [-0.1, -0.05) is 24.3 Å². The highest BCUT2D eigenvalue weighted by atomic mass is 35.5. The molecule has 88 valence electrons. The fourth-order valence-electron chi connectivity index (χ4n) is 1.57. The van der Waals surface area contributed by atoms with Crippen molar-refractivity contribution >= 4 is 28.6 Å². The highest BCUT2D eigenvalue weighted by Crippen LogP contribution is 2.24. The van der Waals surface area contributed by atoms with Gasteiger partial charge in [0, 0.05) is 12.6 Å². The van der Waals surface area contributed by atoms with Gasteiger partial charge >= 0.3 is 5.69 Å². The molecule has 0 spiro atoms. The zero-order valence-electron chi connectivity index (χ0n) is 8.88. The predicted molar refractivity (Wildman–Crippen MR) is 64.9 cm³/mol. The number of rotatable bonds is 1. The van der Waals surface area contributed by atoms with Gasteiger partial charge in [0.1, 0.15) is 0 Å². The molecule has 1 aromatic carbocycles. The maximum absolute atomic E-state index is 13.9. The van der Waals surface area contributed by atoms with Crippen LogP contribution >= 0.6 is 11.6 Å². The van der Waals surface area contributed by atoms with E-state index in [9.17, 15) is 14.0 Å². The molecule has 0 aliphatic heterocycles. The lowest BCUT2D eigenvalue weighted by Gasteiger charge is -2.06. The Labute approximate surface area is 100.0 Å². The van der Waals surface area contributed by atoms with Crippen molar-refractivity contribution in [2.45, 2.75) is 0 Å². The molecule has 6 heteroatoms. The topological polar surface area (TPSA) is 54.9 Å². The maximum Gasteiger partial charge on any atom is 0.328 e. The van der Waals surface area contributed by atoms with Crippen molar-refractivity contribution in [1.29, 1.82) is 0 Å². The van der Waals surface area contributed by atoms with Gasteiger partial charge in [-0.3, -0.25) is 9.36 Å². The van der Waals surface area contributed by atoms with E-state index in [-0.39, 0.29) is 21.5 Å². The van der Waals surface area contributed by atoms with E-state index in [4.69, 9.17) is 11.6 Å². The molecule has 0 radical (unpaired) electrons. The molecular weight excluding hydrogens is 247 g/mol. The van der Waals surface area contributed by atoms with Crippen molar-refractivity contribution in [3.05, 3.63) is 49.9 Å². The molecule has 4 nitrogen and oxygen atoms in total. The molecule has 0 fully saturated rings. The van der Waals surface area contributed by atoms with Crippen LogP contribution in [0, 0.1) is 5.82 Å². The third-order valence-electron chi connectivity index (χ3n) is 2.52. The summed E-state index contributed by atoms with van der Waals surface area (Å²) in [5.74, 6) is -0.714. The number of nitrogens with one attached hydrogen (secondary N) is 1. The maximum atomic E-state index is 13.9. The van der Waals surface area contributed by atoms with Crippen molar-refractivity contribution < 1.29 is 4.39 Å². The summed E-state index contributed by atoms with van der Waals surface area (Å²) in [5.41, 5.74) is -1.39. The number of hydrogen-bond donors (Lipinski definition) is 1. The molecule has 2 rings (SSSR count). The van der Waals surface area contributed by atoms with Crippen LogP contribution in [0.5, 0.6) is 0 Å². The molecule has 0 saturated carbocycles. The van der Waals surface area contributed by atoms with Crippen LogP contribution in [-0.2, 0) is 7.05 Å². The van der Waals surface area contributed by atoms with Crippen molar-refractivity contribution in [2.24, 2.45) is 7.05 Å². The standard InChI is InChI=1S/C11H8ClFN2O2/c1-3-5-4-6(12)7-9(8(5)13)14-11(17)15(2)10(7)16/h3-4H,1H2,2H3,(H,14,17). The Morgan fingerprint density at radius 3 is 2.76 bits per heavy atom. The van der Waals surface area contributed by atoms with E-state index in [0.29, 0.717) is 0 Å². The van der Waals surface area contributed by atoms with E-state index < -0.39 is 17.1 Å². The molecule has 0 saturated heterocycles. The highest BCUT2D eigenvalue weighted by molar-refractivity contribution is 6.35. The zero-order valence-corrected chi connectivity index (χ0v) is 9.64. The van der Waals surface area contributed by atoms with Gasteiger partial charge in [0.2, 0.25) is 0 Å². The first-order valence-corrected chi connectivity index (χ1v) is 5.08. The second-order valence-electron chi connectivity index (χ2n) is 3.51. The van der Waals surface area contributed by atoms with Crippen LogP contribution < -0.4 is 11.2 Å². The van der Waals surface area contributed by atoms with Crippen LogP contribution in [0.15, 0.2) is 22.2 Å². The molecule has 1 heterocycles. The third-order valence-corrected chi connectivity index (χ3v) is 2.82. The summed E-state index contributed by atoms with van der Waals surface area (Å²) in [6.07, 6.45) is 1.26. The summed E-state index contributed by atoms with van der Waals surface area (Å²) in [4.78, 5) is 25.5. The van der Waals surface area contributed by atoms with Gasteiger partial charge in [0.05, 0.1) is 15.9 Å². The lowest BCUT2D eigenvalue weighted by atomic mass is 10.1. The summed E-state index contributed by atoms with van der Waals surface area (Å²) < 4.78 is 14.7. The van der Waals surface area contributed by atoms with Crippen molar-refractivity contribution in [2.75, 3.05) is 0 Å². The first-order chi connectivity index (χ1) is 7.97. The monoisotopic (exact) mass is 254 g/mol. The number of hydrogen-bond acceptors (Lipinski definition) is 2. The third kappa shape index (κ3) is 1.59. The Morgan fingerprint density at radius 2 is 2.18 bits per heavy atom. The van der Waals surface area contributed by atoms with E-state index >= 15 is 0 Å². The van der Waals surface area contributed by atoms with Crippen LogP contribution in [0.3, 0.4) is 0 Å². The van der Waals surface area contributed by atoms with Gasteiger partial charge in [0.15, 0.2) is 5.82 Å². The number of H-pyrrole nitrogens is 1. The van der Waals surface area contributed by atoms with Gasteiger partial charge in [-0.2, -0.15) is 0 Å². The van der Waals surface area contributed by atoms with Gasteiger partial charge in [-0.25, -0.2) is 9.18 Å². The first-order valence-electron chi connectivity index (χ1n) is 4.70. The fourth-order valence-corrected chi connectivity index (χ4v) is 1.86. The minimum Gasteiger partial charge on any atom is -0.304 e. The van der Waals surface area contributed by atoms with Crippen molar-refractivity contribution in [3.63, 3.8) is 0 Å². The number of aromatic amines is 1. The van der Waals surface area contributed by atoms with Crippen LogP contribution in [0.4, 0.5) is 4.39 Å². The molecular formula is C11H8ClFN2O2. The molecule has 0 amide bonds. The van der Waals surface area contributed by atoms with Gasteiger partial charge in [-0.15, -0.1) is 0 Å². The number of aromatic nitrogens is 2. The molecule has 1 aromatic heterocycles. The average molecular weight is 255 g/mol. The molecule has 0 atom stereocenters. The van der Waals surface area contributed by atoms with Crippen molar-refractivity contribution in [1.82, 2.24) is 9.55 Å². The van der Waals surface area contributed by atoms with Crippen LogP contribution in [-0.4, -0.2) is 9.55 Å². The summed E-state index contributed by atoms with van der Waals surface area (Å²) in [6.45, 7) is 3.43. The number of halogens is 2. The Kier molecular flexibility index (Phi) is 2.63. The average Bonchev–Trinajstić information content (AvgIpc) is 2.30. The van der Waals surface area contributed by atoms with Crippen LogP contribution in [0.2, 0.25) is 5.02 Å². The van der Waals surface area contributed by atoms with E-state index in [1.165, 1.54) is 19.2 Å². The van der Waals surface area contributed by atoms with Gasteiger partial charge in [-0.05, 0) is 6.07 Å². The van der Waals surface area contributed by atoms with E-state index in [2.05, 4.69) is 11.6 Å². The number of fused-ring (bicyclic) bond motifs is 1. The van der Waals surface area contributed by atoms with Crippen LogP contribution in [0.25, 0.3) is 17.0 Å². The Morgan fingerprint density at radius 1 is 1.53 bits per heavy atom. The Bertz CT molecular complexity index is 746. The molecule has 2 aromatic rings. The SMILES string of the molecule is C=Cc1cc(Cl)c2c(=O)n(C)c(=O)[nH]c2c1F. The fraction of sp³-hybridized carbons (Fsp3) is 0.0909. The van der Waals surface area contributed by atoms with Gasteiger partial charge in [0.25, 0.3) is 5.56 Å². The number of benzene rings is 1.